The molecule has 6 heterocycles. The van der Waals surface area contributed by atoms with Crippen LogP contribution in [0.4, 0.5) is 16.3 Å². The lowest BCUT2D eigenvalue weighted by Gasteiger charge is -2.37. The second-order valence-electron chi connectivity index (χ2n) is 14.0. The largest absolute Gasteiger partial charge is 0.451 e. The van der Waals surface area contributed by atoms with Crippen LogP contribution < -0.4 is 9.64 Å². The number of fused-ring (bicyclic) bond motifs is 6. The van der Waals surface area contributed by atoms with Crippen molar-refractivity contribution in [3.63, 3.8) is 0 Å². The molecule has 3 aliphatic heterocycles. The normalized spacial score (nSPS) is 18.7. The Balaban J connectivity index is 1.02. The Kier molecular flexibility index (Phi) is 6.48. The van der Waals surface area contributed by atoms with Gasteiger partial charge in [-0.2, -0.15) is 10.2 Å². The van der Waals surface area contributed by atoms with Gasteiger partial charge in [0.2, 0.25) is 0 Å². The van der Waals surface area contributed by atoms with Crippen LogP contribution in [-0.2, 0) is 4.74 Å². The minimum Gasteiger partial charge on any atom is -0.451 e. The lowest BCUT2D eigenvalue weighted by molar-refractivity contribution is 0.0132. The molecule has 3 aromatic carbocycles. The highest BCUT2D eigenvalue weighted by molar-refractivity contribution is 5.87. The Morgan fingerprint density at radius 2 is 1.48 bits per heavy atom. The van der Waals surface area contributed by atoms with E-state index in [0.29, 0.717) is 18.3 Å². The number of amides is 1. The molecule has 3 aromatic heterocycles. The van der Waals surface area contributed by atoms with E-state index < -0.39 is 5.60 Å². The molecule has 1 amide bonds. The molecule has 0 saturated carbocycles. The van der Waals surface area contributed by atoms with Crippen molar-refractivity contribution >= 4 is 39.4 Å². The van der Waals surface area contributed by atoms with E-state index in [1.54, 1.807) is 0 Å². The first kappa shape index (κ1) is 28.8. The highest BCUT2D eigenvalue weighted by atomic mass is 16.6. The number of carbonyl (C=O) groups is 1. The number of likely N-dealkylation sites (tertiary alicyclic amines) is 2. The predicted molar refractivity (Wildman–Crippen MR) is 185 cm³/mol. The van der Waals surface area contributed by atoms with Gasteiger partial charge < -0.3 is 19.3 Å². The fourth-order valence-corrected chi connectivity index (χ4v) is 7.37. The maximum Gasteiger partial charge on any atom is 0.410 e. The number of hydrogen-bond acceptors (Lipinski definition) is 8. The fourth-order valence-electron chi connectivity index (χ4n) is 7.37. The second kappa shape index (κ2) is 10.8. The zero-order chi connectivity index (χ0) is 32.6. The number of nitrogens with one attached hydrogen (secondary N) is 2. The van der Waals surface area contributed by atoms with Gasteiger partial charge in [-0.05, 0) is 86.3 Å². The van der Waals surface area contributed by atoms with Crippen molar-refractivity contribution in [1.29, 1.82) is 0 Å². The number of H-pyrrole nitrogens is 2. The molecule has 0 unspecified atom stereocenters. The van der Waals surface area contributed by atoms with Crippen LogP contribution in [0.5, 0.6) is 11.5 Å². The number of carbonyl (C=O) groups excluding carboxylic acids is 1. The Labute approximate surface area is 277 Å². The van der Waals surface area contributed by atoms with Crippen LogP contribution >= 0.6 is 0 Å². The van der Waals surface area contributed by atoms with Gasteiger partial charge in [0.25, 0.3) is 0 Å². The molecule has 2 saturated heterocycles. The van der Waals surface area contributed by atoms with Gasteiger partial charge >= 0.3 is 6.09 Å². The second-order valence-corrected chi connectivity index (χ2v) is 14.0. The molecular formula is C37H36N8O3. The molecule has 6 aromatic rings. The maximum absolute atomic E-state index is 12.8. The summed E-state index contributed by atoms with van der Waals surface area (Å²) in [6.45, 7) is 8.85. The number of aromatic nitrogens is 5. The van der Waals surface area contributed by atoms with Gasteiger partial charge in [-0.25, -0.2) is 9.78 Å². The molecule has 11 heteroatoms. The zero-order valence-corrected chi connectivity index (χ0v) is 27.1. The van der Waals surface area contributed by atoms with Crippen molar-refractivity contribution in [1.82, 2.24) is 35.2 Å². The molecule has 2 fully saturated rings. The average Bonchev–Trinajstić information content (AvgIpc) is 3.89. The van der Waals surface area contributed by atoms with Crippen LogP contribution in [0.15, 0.2) is 79.3 Å². The van der Waals surface area contributed by atoms with Crippen LogP contribution in [0.3, 0.4) is 0 Å². The van der Waals surface area contributed by atoms with Crippen LogP contribution in [-0.4, -0.2) is 85.1 Å². The monoisotopic (exact) mass is 640 g/mol. The molecule has 0 spiro atoms. The van der Waals surface area contributed by atoms with Gasteiger partial charge in [0.15, 0.2) is 17.3 Å². The lowest BCUT2D eigenvalue weighted by Crippen LogP contribution is -2.51. The van der Waals surface area contributed by atoms with Crippen molar-refractivity contribution in [2.24, 2.45) is 0 Å². The molecule has 3 aliphatic rings. The summed E-state index contributed by atoms with van der Waals surface area (Å²) in [5, 5.41) is 16.5. The smallest absolute Gasteiger partial charge is 0.410 e. The Morgan fingerprint density at radius 3 is 2.17 bits per heavy atom. The summed E-state index contributed by atoms with van der Waals surface area (Å²) in [5.74, 6) is 2.30. The molecule has 9 rings (SSSR count). The molecule has 0 aliphatic carbocycles. The number of anilines is 2. The first-order valence-electron chi connectivity index (χ1n) is 16.5. The molecule has 2 N–H and O–H groups in total. The summed E-state index contributed by atoms with van der Waals surface area (Å²) in [4.78, 5) is 24.5. The fraction of sp³-hybridized carbons (Fsp3) is 0.297. The van der Waals surface area contributed by atoms with Crippen molar-refractivity contribution in [2.75, 3.05) is 31.1 Å². The first-order valence-corrected chi connectivity index (χ1v) is 16.5. The number of pyridine rings is 1. The van der Waals surface area contributed by atoms with Gasteiger partial charge in [0.05, 0.1) is 29.1 Å². The summed E-state index contributed by atoms with van der Waals surface area (Å²) >= 11 is 0. The molecule has 2 atom stereocenters. The number of aromatic amines is 2. The highest BCUT2D eigenvalue weighted by Gasteiger charge is 2.46. The van der Waals surface area contributed by atoms with E-state index >= 15 is 0 Å². The van der Waals surface area contributed by atoms with Crippen LogP contribution in [0.2, 0.25) is 0 Å². The predicted octanol–water partition coefficient (Wildman–Crippen LogP) is 7.11. The third kappa shape index (κ3) is 5.02. The SMILES string of the molecule is CC(C)(C)OC(=O)N1C[C@H]2C[C@@H]1CN2CCN1c2ccc(-c3ccc4[nH]ncc4c3)cc2Oc2cc(-c3ccc4[nH]ncc4c3)cnc21. The summed E-state index contributed by atoms with van der Waals surface area (Å²) in [7, 11) is 0. The Bertz CT molecular complexity index is 2080. The van der Waals surface area contributed by atoms with Gasteiger partial charge in [0.1, 0.15) is 5.60 Å². The number of rotatable bonds is 5. The van der Waals surface area contributed by atoms with Gasteiger partial charge in [-0.1, -0.05) is 18.2 Å². The van der Waals surface area contributed by atoms with E-state index in [4.69, 9.17) is 14.5 Å². The van der Waals surface area contributed by atoms with Crippen molar-refractivity contribution in [2.45, 2.75) is 44.9 Å². The number of nitrogens with zero attached hydrogens (tertiary/aromatic N) is 6. The quantitative estimate of drug-likeness (QED) is 0.205. The topological polar surface area (TPSA) is 116 Å². The van der Waals surface area contributed by atoms with Crippen molar-refractivity contribution in [3.8, 4) is 33.8 Å². The van der Waals surface area contributed by atoms with E-state index in [2.05, 4.69) is 84.8 Å². The number of benzene rings is 3. The summed E-state index contributed by atoms with van der Waals surface area (Å²) in [6, 6.07) is 21.5. The van der Waals surface area contributed by atoms with E-state index in [0.717, 1.165) is 87.4 Å². The lowest BCUT2D eigenvalue weighted by atomic mass is 10.0. The number of ether oxygens (including phenoxy) is 2. The van der Waals surface area contributed by atoms with Crippen molar-refractivity contribution in [3.05, 3.63) is 79.3 Å². The minimum atomic E-state index is -0.500. The Morgan fingerprint density at radius 1 is 0.812 bits per heavy atom. The van der Waals surface area contributed by atoms with E-state index in [9.17, 15) is 4.79 Å². The molecule has 48 heavy (non-hydrogen) atoms. The third-order valence-electron chi connectivity index (χ3n) is 9.70. The van der Waals surface area contributed by atoms with Gasteiger partial charge in [-0.15, -0.1) is 0 Å². The first-order chi connectivity index (χ1) is 23.3. The molecule has 0 radical (unpaired) electrons. The molecule has 11 nitrogen and oxygen atoms in total. The van der Waals surface area contributed by atoms with Crippen LogP contribution in [0.1, 0.15) is 27.2 Å². The van der Waals surface area contributed by atoms with Crippen LogP contribution in [0.25, 0.3) is 44.1 Å². The van der Waals surface area contributed by atoms with Crippen molar-refractivity contribution < 1.29 is 14.3 Å². The summed E-state index contributed by atoms with van der Waals surface area (Å²) in [5.41, 5.74) is 6.66. The minimum absolute atomic E-state index is 0.178. The van der Waals surface area contributed by atoms with E-state index in [1.807, 2.05) is 50.3 Å². The van der Waals surface area contributed by atoms with E-state index in [-0.39, 0.29) is 12.1 Å². The molecule has 2 bridgehead atoms. The summed E-state index contributed by atoms with van der Waals surface area (Å²) in [6.07, 6.45) is 6.37. The number of piperazine rings is 1. The van der Waals surface area contributed by atoms with Gasteiger partial charge in [0, 0.05) is 60.8 Å². The molecular weight excluding hydrogens is 604 g/mol. The standard InChI is InChI=1S/C37H36N8O3/c1-37(2,3)48-36(46)45-21-28-16-29(45)20-43(28)10-11-44-32-9-6-24(22-4-7-30-26(12-22)18-39-41-30)14-33(32)47-34-15-25(17-38-35(34)44)23-5-8-31-27(13-23)19-40-42-31/h4-9,12-15,17-19,28-29H,10-11,16,20-21H2,1-3H3,(H,39,41)(H,40,42)/t28-,29-/m1/s1. The average molecular weight is 641 g/mol. The third-order valence-corrected chi connectivity index (χ3v) is 9.70. The maximum atomic E-state index is 12.8. The van der Waals surface area contributed by atoms with Gasteiger partial charge in [-0.3, -0.25) is 15.1 Å². The summed E-state index contributed by atoms with van der Waals surface area (Å²) < 4.78 is 12.4. The van der Waals surface area contributed by atoms with Crippen LogP contribution in [0, 0.1) is 0 Å². The highest BCUT2D eigenvalue weighted by Crippen LogP contribution is 2.48. The zero-order valence-electron chi connectivity index (χ0n) is 27.1. The Hall–Kier alpha value is -5.42. The van der Waals surface area contributed by atoms with E-state index in [1.165, 1.54) is 0 Å². The molecule has 242 valence electrons. The number of hydrogen-bond donors (Lipinski definition) is 2.